The van der Waals surface area contributed by atoms with Crippen molar-refractivity contribution in [2.45, 2.75) is 64.6 Å². The lowest BCUT2D eigenvalue weighted by Crippen LogP contribution is -2.53. The Morgan fingerprint density at radius 3 is 2.46 bits per heavy atom. The predicted molar refractivity (Wildman–Crippen MR) is 136 cm³/mol. The molecule has 0 saturated carbocycles. The van der Waals surface area contributed by atoms with Gasteiger partial charge in [0.05, 0.1) is 20.3 Å². The molecule has 1 aliphatic heterocycles. The zero-order valence-electron chi connectivity index (χ0n) is 21.2. The summed E-state index contributed by atoms with van der Waals surface area (Å²) in [7, 11) is 3.23. The maximum Gasteiger partial charge on any atom is 0.318 e. The van der Waals surface area contributed by atoms with Crippen LogP contribution in [0.15, 0.2) is 36.4 Å². The van der Waals surface area contributed by atoms with Gasteiger partial charge in [-0.05, 0) is 72.4 Å². The third kappa shape index (κ3) is 5.72. The zero-order valence-corrected chi connectivity index (χ0v) is 21.2. The summed E-state index contributed by atoms with van der Waals surface area (Å²) in [4.78, 5) is 28.4. The SMILES string of the molecule is COc1cc2c(cc1OC)CN(C(=O)N[C@@H](CC(C)C)C(=O)N[C@H]1CCCc3ccccc31)CC2. The summed E-state index contributed by atoms with van der Waals surface area (Å²) in [5.74, 6) is 1.50. The molecule has 2 aliphatic rings. The van der Waals surface area contributed by atoms with Gasteiger partial charge in [0.15, 0.2) is 11.5 Å². The molecule has 0 spiro atoms. The van der Waals surface area contributed by atoms with Crippen molar-refractivity contribution >= 4 is 11.9 Å². The quantitative estimate of drug-likeness (QED) is 0.618. The number of carbonyl (C=O) groups is 2. The van der Waals surface area contributed by atoms with Crippen LogP contribution >= 0.6 is 0 Å². The Morgan fingerprint density at radius 2 is 1.74 bits per heavy atom. The van der Waals surface area contributed by atoms with E-state index in [2.05, 4.69) is 36.6 Å². The maximum atomic E-state index is 13.4. The Hall–Kier alpha value is -3.22. The molecule has 0 aromatic heterocycles. The van der Waals surface area contributed by atoms with Crippen LogP contribution in [-0.4, -0.2) is 43.6 Å². The van der Waals surface area contributed by atoms with E-state index in [4.69, 9.17) is 9.47 Å². The lowest BCUT2D eigenvalue weighted by molar-refractivity contribution is -0.124. The first-order valence-corrected chi connectivity index (χ1v) is 12.6. The Kier molecular flexibility index (Phi) is 7.83. The number of aryl methyl sites for hydroxylation is 1. The summed E-state index contributed by atoms with van der Waals surface area (Å²) in [6.45, 7) is 5.19. The topological polar surface area (TPSA) is 79.9 Å². The molecule has 0 radical (unpaired) electrons. The smallest absolute Gasteiger partial charge is 0.318 e. The van der Waals surface area contributed by atoms with Crippen LogP contribution < -0.4 is 20.1 Å². The zero-order chi connectivity index (χ0) is 24.9. The normalized spacial score (nSPS) is 17.7. The van der Waals surface area contributed by atoms with Crippen molar-refractivity contribution in [3.8, 4) is 11.5 Å². The van der Waals surface area contributed by atoms with E-state index in [0.29, 0.717) is 31.0 Å². The van der Waals surface area contributed by atoms with Crippen LogP contribution in [0.25, 0.3) is 0 Å². The van der Waals surface area contributed by atoms with Crippen LogP contribution in [0.2, 0.25) is 0 Å². The van der Waals surface area contributed by atoms with Crippen molar-refractivity contribution in [1.82, 2.24) is 15.5 Å². The number of fused-ring (bicyclic) bond motifs is 2. The number of urea groups is 1. The molecule has 7 heteroatoms. The third-order valence-electron chi connectivity index (χ3n) is 7.01. The van der Waals surface area contributed by atoms with Gasteiger partial charge in [0, 0.05) is 13.1 Å². The molecular weight excluding hydrogens is 442 g/mol. The van der Waals surface area contributed by atoms with Crippen molar-refractivity contribution in [3.63, 3.8) is 0 Å². The molecule has 2 aromatic rings. The van der Waals surface area contributed by atoms with Crippen LogP contribution in [0.3, 0.4) is 0 Å². The van der Waals surface area contributed by atoms with E-state index in [1.165, 1.54) is 11.1 Å². The number of nitrogens with one attached hydrogen (secondary N) is 2. The molecule has 1 aliphatic carbocycles. The predicted octanol–water partition coefficient (Wildman–Crippen LogP) is 4.38. The first-order valence-electron chi connectivity index (χ1n) is 12.6. The second-order valence-electron chi connectivity index (χ2n) is 9.93. The first kappa shape index (κ1) is 24.9. The summed E-state index contributed by atoms with van der Waals surface area (Å²) in [5.41, 5.74) is 4.68. The molecule has 35 heavy (non-hydrogen) atoms. The molecule has 7 nitrogen and oxygen atoms in total. The number of amides is 3. The van der Waals surface area contributed by atoms with E-state index in [1.54, 1.807) is 19.1 Å². The van der Waals surface area contributed by atoms with Gasteiger partial charge >= 0.3 is 6.03 Å². The highest BCUT2D eigenvalue weighted by atomic mass is 16.5. The fourth-order valence-corrected chi connectivity index (χ4v) is 5.18. The van der Waals surface area contributed by atoms with E-state index in [1.807, 2.05) is 24.3 Å². The van der Waals surface area contributed by atoms with Gasteiger partial charge in [-0.2, -0.15) is 0 Å². The average molecular weight is 480 g/mol. The minimum atomic E-state index is -0.580. The molecule has 0 saturated heterocycles. The number of carbonyl (C=O) groups excluding carboxylic acids is 2. The van der Waals surface area contributed by atoms with Gasteiger partial charge < -0.3 is 25.0 Å². The van der Waals surface area contributed by atoms with Gasteiger partial charge in [0.1, 0.15) is 6.04 Å². The van der Waals surface area contributed by atoms with E-state index in [0.717, 1.165) is 36.8 Å². The number of nitrogens with zero attached hydrogens (tertiary/aromatic N) is 1. The van der Waals surface area contributed by atoms with Crippen LogP contribution in [0, 0.1) is 5.92 Å². The van der Waals surface area contributed by atoms with Gasteiger partial charge in [-0.25, -0.2) is 4.79 Å². The van der Waals surface area contributed by atoms with Crippen molar-refractivity contribution in [3.05, 3.63) is 58.7 Å². The van der Waals surface area contributed by atoms with Crippen molar-refractivity contribution < 1.29 is 19.1 Å². The Balaban J connectivity index is 1.44. The fraction of sp³-hybridized carbons (Fsp3) is 0.500. The summed E-state index contributed by atoms with van der Waals surface area (Å²) in [6.07, 6.45) is 4.32. The van der Waals surface area contributed by atoms with Gasteiger partial charge in [0.2, 0.25) is 5.91 Å². The van der Waals surface area contributed by atoms with Crippen molar-refractivity contribution in [2.24, 2.45) is 5.92 Å². The largest absolute Gasteiger partial charge is 0.493 e. The highest BCUT2D eigenvalue weighted by Crippen LogP contribution is 2.33. The van der Waals surface area contributed by atoms with E-state index in [9.17, 15) is 9.59 Å². The minimum absolute atomic E-state index is 0.0108. The van der Waals surface area contributed by atoms with Crippen LogP contribution in [0.4, 0.5) is 4.79 Å². The molecule has 3 amide bonds. The van der Waals surface area contributed by atoms with Crippen LogP contribution in [0.5, 0.6) is 11.5 Å². The second-order valence-corrected chi connectivity index (χ2v) is 9.93. The van der Waals surface area contributed by atoms with E-state index >= 15 is 0 Å². The number of hydrogen-bond donors (Lipinski definition) is 2. The van der Waals surface area contributed by atoms with Crippen molar-refractivity contribution in [1.29, 1.82) is 0 Å². The third-order valence-corrected chi connectivity index (χ3v) is 7.01. The molecular formula is C28H37N3O4. The fourth-order valence-electron chi connectivity index (χ4n) is 5.18. The van der Waals surface area contributed by atoms with Gasteiger partial charge in [-0.3, -0.25) is 4.79 Å². The Morgan fingerprint density at radius 1 is 1.03 bits per heavy atom. The van der Waals surface area contributed by atoms with Crippen LogP contribution in [0.1, 0.15) is 61.4 Å². The Bertz CT molecular complexity index is 1070. The second kappa shape index (κ2) is 11.0. The lowest BCUT2D eigenvalue weighted by Gasteiger charge is -2.32. The number of methoxy groups -OCH3 is 2. The molecule has 2 aromatic carbocycles. The Labute approximate surface area is 208 Å². The highest BCUT2D eigenvalue weighted by Gasteiger charge is 2.30. The monoisotopic (exact) mass is 479 g/mol. The number of rotatable bonds is 7. The van der Waals surface area contributed by atoms with Crippen LogP contribution in [-0.2, 0) is 24.2 Å². The average Bonchev–Trinajstić information content (AvgIpc) is 2.86. The molecule has 2 N–H and O–H groups in total. The lowest BCUT2D eigenvalue weighted by atomic mass is 9.87. The van der Waals surface area contributed by atoms with Crippen molar-refractivity contribution in [2.75, 3.05) is 20.8 Å². The molecule has 0 fully saturated rings. The molecule has 188 valence electrons. The maximum absolute atomic E-state index is 13.4. The summed E-state index contributed by atoms with van der Waals surface area (Å²) in [5, 5.41) is 6.26. The summed E-state index contributed by atoms with van der Waals surface area (Å²) in [6, 6.07) is 11.4. The highest BCUT2D eigenvalue weighted by molar-refractivity contribution is 5.87. The van der Waals surface area contributed by atoms with Gasteiger partial charge in [-0.1, -0.05) is 38.1 Å². The number of benzene rings is 2. The molecule has 1 heterocycles. The minimum Gasteiger partial charge on any atom is -0.493 e. The first-order chi connectivity index (χ1) is 16.9. The van der Waals surface area contributed by atoms with E-state index in [-0.39, 0.29) is 23.9 Å². The van der Waals surface area contributed by atoms with Gasteiger partial charge in [0.25, 0.3) is 0 Å². The van der Waals surface area contributed by atoms with Gasteiger partial charge in [-0.15, -0.1) is 0 Å². The molecule has 4 rings (SSSR count). The standard InChI is InChI=1S/C28H37N3O4/c1-18(2)14-24(27(32)29-23-11-7-9-19-8-5-6-10-22(19)23)30-28(33)31-13-12-20-15-25(34-3)26(35-4)16-21(20)17-31/h5-6,8,10,15-16,18,23-24H,7,9,11-14,17H2,1-4H3,(H,29,32)(H,30,33)/t23-,24-/m0/s1. The number of ether oxygens (including phenoxy) is 2. The molecule has 0 bridgehead atoms. The summed E-state index contributed by atoms with van der Waals surface area (Å²) < 4.78 is 10.9. The number of hydrogen-bond acceptors (Lipinski definition) is 4. The molecule has 0 unspecified atom stereocenters. The molecule has 2 atom stereocenters. The van der Waals surface area contributed by atoms with E-state index < -0.39 is 6.04 Å². The summed E-state index contributed by atoms with van der Waals surface area (Å²) >= 11 is 0.